The number of fused-ring (bicyclic) bond motifs is 1. The van der Waals surface area contributed by atoms with Crippen molar-refractivity contribution in [1.82, 2.24) is 29.6 Å². The molecule has 34 heavy (non-hydrogen) atoms. The summed E-state index contributed by atoms with van der Waals surface area (Å²) in [6.07, 6.45) is 4.82. The van der Waals surface area contributed by atoms with Crippen LogP contribution in [0.1, 0.15) is 49.6 Å². The Labute approximate surface area is 196 Å². The molecule has 1 aliphatic rings. The summed E-state index contributed by atoms with van der Waals surface area (Å²) in [5.74, 6) is 1.13. The zero-order chi connectivity index (χ0) is 23.7. The quantitative estimate of drug-likeness (QED) is 0.466. The van der Waals surface area contributed by atoms with Crippen LogP contribution in [0.15, 0.2) is 53.6 Å². The molecule has 2 N–H and O–H groups in total. The van der Waals surface area contributed by atoms with Crippen molar-refractivity contribution < 1.29 is 4.79 Å². The van der Waals surface area contributed by atoms with Crippen LogP contribution in [-0.2, 0) is 0 Å². The van der Waals surface area contributed by atoms with Crippen molar-refractivity contribution in [2.75, 3.05) is 18.4 Å². The first kappa shape index (κ1) is 21.8. The van der Waals surface area contributed by atoms with E-state index in [0.717, 1.165) is 32.4 Å². The first-order valence-corrected chi connectivity index (χ1v) is 11.6. The average molecular weight is 458 g/mol. The highest BCUT2D eigenvalue weighted by atomic mass is 16.2. The van der Waals surface area contributed by atoms with Crippen LogP contribution in [0, 0.1) is 0 Å². The lowest BCUT2D eigenvalue weighted by Crippen LogP contribution is -2.36. The number of piperidine rings is 1. The summed E-state index contributed by atoms with van der Waals surface area (Å²) >= 11 is 0. The number of H-pyrrole nitrogens is 1. The van der Waals surface area contributed by atoms with Gasteiger partial charge in [0.05, 0.1) is 16.6 Å². The Morgan fingerprint density at radius 1 is 1.09 bits per heavy atom. The minimum Gasteiger partial charge on any atom is -0.350 e. The minimum atomic E-state index is -0.215. The molecule has 0 bridgehead atoms. The number of nitrogens with zero attached hydrogens (tertiary/aromatic N) is 5. The molecule has 0 saturated carbocycles. The molecule has 0 radical (unpaired) electrons. The third-order valence-corrected chi connectivity index (χ3v) is 6.10. The predicted molar refractivity (Wildman–Crippen MR) is 131 cm³/mol. The van der Waals surface area contributed by atoms with E-state index in [0.29, 0.717) is 39.6 Å². The second-order valence-electron chi connectivity index (χ2n) is 8.82. The Bertz CT molecular complexity index is 1400. The van der Waals surface area contributed by atoms with E-state index in [4.69, 9.17) is 0 Å². The molecular formula is C25H27N7O2. The lowest BCUT2D eigenvalue weighted by molar-refractivity contribution is 0.0718. The van der Waals surface area contributed by atoms with Crippen LogP contribution in [0.3, 0.4) is 0 Å². The summed E-state index contributed by atoms with van der Waals surface area (Å²) in [5.41, 5.74) is 2.01. The molecule has 1 aromatic carbocycles. The molecule has 9 nitrogen and oxygen atoms in total. The van der Waals surface area contributed by atoms with Gasteiger partial charge in [0, 0.05) is 25.2 Å². The summed E-state index contributed by atoms with van der Waals surface area (Å²) in [6.45, 7) is 5.57. The number of benzene rings is 1. The first-order valence-electron chi connectivity index (χ1n) is 11.6. The zero-order valence-electron chi connectivity index (χ0n) is 19.3. The number of rotatable bonds is 5. The van der Waals surface area contributed by atoms with E-state index in [2.05, 4.69) is 39.3 Å². The molecular weight excluding hydrogens is 430 g/mol. The van der Waals surface area contributed by atoms with Gasteiger partial charge in [0.2, 0.25) is 0 Å². The van der Waals surface area contributed by atoms with E-state index >= 15 is 0 Å². The van der Waals surface area contributed by atoms with Crippen molar-refractivity contribution in [2.24, 2.45) is 0 Å². The number of aromatic nitrogens is 5. The summed E-state index contributed by atoms with van der Waals surface area (Å²) < 4.78 is 1.95. The molecule has 174 valence electrons. The largest absolute Gasteiger partial charge is 0.350 e. The zero-order valence-corrected chi connectivity index (χ0v) is 19.3. The Morgan fingerprint density at radius 3 is 2.68 bits per heavy atom. The molecule has 1 aliphatic heterocycles. The van der Waals surface area contributed by atoms with E-state index in [1.165, 1.54) is 6.07 Å². The van der Waals surface area contributed by atoms with Gasteiger partial charge in [0.1, 0.15) is 23.5 Å². The Balaban J connectivity index is 1.47. The van der Waals surface area contributed by atoms with Gasteiger partial charge in [-0.1, -0.05) is 12.1 Å². The molecule has 1 amide bonds. The van der Waals surface area contributed by atoms with Crippen LogP contribution >= 0.6 is 0 Å². The van der Waals surface area contributed by atoms with Crippen LogP contribution in [0.4, 0.5) is 11.5 Å². The standard InChI is InChI=1S/C25H27N7O2/c1-16(2)32-15-26-30-24(32)19-10-7-11-22(29-19)28-18-9-6-8-17-23(18)21(33)14-20(27-17)25(34)31-12-4-3-5-13-31/h6-11,14-16H,3-5,12-13H2,1-2H3,(H,27,33)(H,28,29). The molecule has 4 aromatic rings. The first-order chi connectivity index (χ1) is 16.5. The lowest BCUT2D eigenvalue weighted by atomic mass is 10.1. The van der Waals surface area contributed by atoms with Crippen LogP contribution in [-0.4, -0.2) is 48.6 Å². The number of carbonyl (C=O) groups excluding carboxylic acids is 1. The Hall–Kier alpha value is -4.01. The van der Waals surface area contributed by atoms with Crippen LogP contribution < -0.4 is 10.7 Å². The highest BCUT2D eigenvalue weighted by Crippen LogP contribution is 2.25. The Morgan fingerprint density at radius 2 is 1.88 bits per heavy atom. The van der Waals surface area contributed by atoms with Crippen molar-refractivity contribution in [1.29, 1.82) is 0 Å². The average Bonchev–Trinajstić information content (AvgIpc) is 3.35. The van der Waals surface area contributed by atoms with Gasteiger partial charge in [0.25, 0.3) is 5.91 Å². The summed E-state index contributed by atoms with van der Waals surface area (Å²) in [7, 11) is 0. The number of aromatic amines is 1. The van der Waals surface area contributed by atoms with Crippen molar-refractivity contribution in [3.8, 4) is 11.5 Å². The fraction of sp³-hybridized carbons (Fsp3) is 0.320. The van der Waals surface area contributed by atoms with Gasteiger partial charge in [-0.25, -0.2) is 4.98 Å². The van der Waals surface area contributed by atoms with E-state index < -0.39 is 0 Å². The van der Waals surface area contributed by atoms with E-state index in [9.17, 15) is 9.59 Å². The van der Waals surface area contributed by atoms with Gasteiger partial charge in [-0.2, -0.15) is 0 Å². The number of hydrogen-bond acceptors (Lipinski definition) is 6. The van der Waals surface area contributed by atoms with Gasteiger partial charge in [-0.15, -0.1) is 10.2 Å². The fourth-order valence-electron chi connectivity index (χ4n) is 4.36. The van der Waals surface area contributed by atoms with Gasteiger partial charge in [-0.05, 0) is 57.4 Å². The molecule has 9 heteroatoms. The molecule has 4 heterocycles. The summed E-state index contributed by atoms with van der Waals surface area (Å²) in [5, 5.41) is 12.0. The molecule has 0 spiro atoms. The number of hydrogen-bond donors (Lipinski definition) is 2. The maximum Gasteiger partial charge on any atom is 0.270 e. The second-order valence-corrected chi connectivity index (χ2v) is 8.82. The molecule has 1 saturated heterocycles. The van der Waals surface area contributed by atoms with Crippen LogP contribution in [0.25, 0.3) is 22.4 Å². The maximum absolute atomic E-state index is 13.1. The van der Waals surface area contributed by atoms with Gasteiger partial charge in [0.15, 0.2) is 11.3 Å². The molecule has 5 rings (SSSR count). The van der Waals surface area contributed by atoms with Crippen molar-refractivity contribution in [3.63, 3.8) is 0 Å². The number of nitrogens with one attached hydrogen (secondary N) is 2. The fourth-order valence-corrected chi connectivity index (χ4v) is 4.36. The molecule has 0 atom stereocenters. The minimum absolute atomic E-state index is 0.124. The molecule has 3 aromatic heterocycles. The maximum atomic E-state index is 13.1. The topological polar surface area (TPSA) is 109 Å². The van der Waals surface area contributed by atoms with Gasteiger partial charge in [-0.3, -0.25) is 9.59 Å². The highest BCUT2D eigenvalue weighted by molar-refractivity contribution is 5.98. The predicted octanol–water partition coefficient (Wildman–Crippen LogP) is 4.13. The number of anilines is 2. The monoisotopic (exact) mass is 457 g/mol. The lowest BCUT2D eigenvalue weighted by Gasteiger charge is -2.26. The highest BCUT2D eigenvalue weighted by Gasteiger charge is 2.20. The van der Waals surface area contributed by atoms with Gasteiger partial charge < -0.3 is 19.8 Å². The second kappa shape index (κ2) is 9.09. The number of amides is 1. The smallest absolute Gasteiger partial charge is 0.270 e. The summed E-state index contributed by atoms with van der Waals surface area (Å²) in [4.78, 5) is 35.7. The molecule has 1 fully saturated rings. The number of likely N-dealkylation sites (tertiary alicyclic amines) is 1. The summed E-state index contributed by atoms with van der Waals surface area (Å²) in [6, 6.07) is 12.7. The van der Waals surface area contributed by atoms with E-state index in [-0.39, 0.29) is 17.4 Å². The van der Waals surface area contributed by atoms with E-state index in [1.807, 2.05) is 45.9 Å². The van der Waals surface area contributed by atoms with Crippen LogP contribution in [0.5, 0.6) is 0 Å². The molecule has 0 unspecified atom stereocenters. The van der Waals surface area contributed by atoms with Crippen LogP contribution in [0.2, 0.25) is 0 Å². The van der Waals surface area contributed by atoms with Crippen molar-refractivity contribution >= 4 is 28.3 Å². The molecule has 0 aliphatic carbocycles. The van der Waals surface area contributed by atoms with Crippen molar-refractivity contribution in [3.05, 3.63) is 64.7 Å². The SMILES string of the molecule is CC(C)n1cnnc1-c1cccc(Nc2cccc3[nH]c(C(=O)N4CCCCC4)cc(=O)c23)n1. The number of carbonyl (C=O) groups is 1. The van der Waals surface area contributed by atoms with E-state index in [1.54, 1.807) is 6.33 Å². The Kier molecular flexibility index (Phi) is 5.83. The van der Waals surface area contributed by atoms with Crippen molar-refractivity contribution in [2.45, 2.75) is 39.2 Å². The third-order valence-electron chi connectivity index (χ3n) is 6.10. The number of pyridine rings is 2. The normalized spacial score (nSPS) is 14.0. The van der Waals surface area contributed by atoms with Gasteiger partial charge >= 0.3 is 0 Å². The third kappa shape index (κ3) is 4.16.